The van der Waals surface area contributed by atoms with E-state index in [1.165, 1.54) is 79.4 Å². The molecule has 0 N–H and O–H groups in total. The molecule has 0 aliphatic carbocycles. The zero-order valence-electron chi connectivity index (χ0n) is 36.9. The van der Waals surface area contributed by atoms with Gasteiger partial charge in [-0.15, -0.1) is 102 Å². The summed E-state index contributed by atoms with van der Waals surface area (Å²) in [5.41, 5.74) is 2.77. The Labute approximate surface area is 403 Å². The molecule has 0 saturated heterocycles. The summed E-state index contributed by atoms with van der Waals surface area (Å²) in [7, 11) is -5.55. The first-order chi connectivity index (χ1) is 28.7. The molecule has 0 spiro atoms. The third-order valence-corrected chi connectivity index (χ3v) is 36.1. The maximum absolute atomic E-state index is 2.49. The van der Waals surface area contributed by atoms with Crippen molar-refractivity contribution in [1.29, 1.82) is 0 Å². The van der Waals surface area contributed by atoms with Crippen molar-refractivity contribution in [3.63, 3.8) is 0 Å². The summed E-state index contributed by atoms with van der Waals surface area (Å²) in [5, 5.41) is 0. The average molecular weight is 1030 g/mol. The van der Waals surface area contributed by atoms with Crippen LogP contribution in [0.2, 0.25) is 78.6 Å². The molecule has 314 valence electrons. The molecule has 0 atom stereocenters. The molecule has 0 aliphatic rings. The van der Waals surface area contributed by atoms with E-state index < -0.39 is 32.3 Å². The maximum Gasteiger partial charge on any atom is 0.0904 e. The smallest absolute Gasteiger partial charge is 0.0904 e. The van der Waals surface area contributed by atoms with E-state index in [1.54, 1.807) is 18.0 Å². The van der Waals surface area contributed by atoms with E-state index in [9.17, 15) is 0 Å². The topological polar surface area (TPSA) is 0 Å². The summed E-state index contributed by atoms with van der Waals surface area (Å²) in [6.07, 6.45) is 0. The van der Waals surface area contributed by atoms with Crippen molar-refractivity contribution in [2.24, 2.45) is 0 Å². The van der Waals surface area contributed by atoms with E-state index in [4.69, 9.17) is 0 Å². The Hall–Kier alpha value is -1.83. The summed E-state index contributed by atoms with van der Waals surface area (Å²) in [6.45, 7) is 29.5. The molecule has 0 unspecified atom stereocenters. The molecule has 9 heterocycles. The van der Waals surface area contributed by atoms with E-state index in [0.717, 1.165) is 0 Å². The van der Waals surface area contributed by atoms with Crippen LogP contribution in [0.25, 0.3) is 79.4 Å². The fourth-order valence-electron chi connectivity index (χ4n) is 7.06. The molecule has 0 bridgehead atoms. The first-order valence-electron chi connectivity index (χ1n) is 20.7. The van der Waals surface area contributed by atoms with Gasteiger partial charge < -0.3 is 0 Å². The van der Waals surface area contributed by atoms with Crippen molar-refractivity contribution in [3.05, 3.63) is 97.1 Å². The van der Waals surface area contributed by atoms with Gasteiger partial charge in [0.15, 0.2) is 0 Å². The predicted octanol–water partition coefficient (Wildman–Crippen LogP) is 17.8. The van der Waals surface area contributed by atoms with Crippen molar-refractivity contribution >= 4 is 152 Å². The van der Waals surface area contributed by atoms with E-state index in [0.29, 0.717) is 0 Å². The average Bonchev–Trinajstić information content (AvgIpc) is 4.04. The molecule has 13 heteroatoms. The van der Waals surface area contributed by atoms with Crippen LogP contribution in [-0.4, -0.2) is 32.3 Å². The minimum atomic E-state index is -1.40. The zero-order chi connectivity index (χ0) is 43.2. The van der Waals surface area contributed by atoms with Gasteiger partial charge in [-0.1, -0.05) is 103 Å². The summed E-state index contributed by atoms with van der Waals surface area (Å²) in [4.78, 5) is 19.4. The monoisotopic (exact) mass is 1030 g/mol. The lowest BCUT2D eigenvalue weighted by Gasteiger charge is -2.12. The molecule has 0 radical (unpaired) electrons. The maximum atomic E-state index is 2.49. The molecule has 0 amide bonds. The summed E-state index contributed by atoms with van der Waals surface area (Å²) in [6, 6.07) is 38.3. The second-order valence-electron chi connectivity index (χ2n) is 19.9. The normalized spacial score (nSPS) is 12.9. The van der Waals surface area contributed by atoms with E-state index in [2.05, 4.69) is 176 Å². The molecule has 9 aromatic heterocycles. The van der Waals surface area contributed by atoms with Gasteiger partial charge in [0.1, 0.15) is 0 Å². The lowest BCUT2D eigenvalue weighted by Crippen LogP contribution is -2.34. The van der Waals surface area contributed by atoms with Crippen molar-refractivity contribution in [3.8, 4) is 79.4 Å². The summed E-state index contributed by atoms with van der Waals surface area (Å²) in [5.74, 6) is 0. The number of hydrogen-bond donors (Lipinski definition) is 0. The van der Waals surface area contributed by atoms with Crippen LogP contribution >= 0.6 is 102 Å². The van der Waals surface area contributed by atoms with Crippen LogP contribution in [0.15, 0.2) is 97.1 Å². The van der Waals surface area contributed by atoms with E-state index >= 15 is 0 Å². The highest BCUT2D eigenvalue weighted by atomic mass is 32.1. The van der Waals surface area contributed by atoms with Crippen LogP contribution in [0.4, 0.5) is 0 Å². The zero-order valence-corrected chi connectivity index (χ0v) is 48.3. The molecule has 0 nitrogen and oxygen atoms in total. The molecule has 0 aromatic carbocycles. The first-order valence-corrected chi connectivity index (χ1v) is 42.1. The molecule has 9 rings (SSSR count). The highest BCUT2D eigenvalue weighted by molar-refractivity contribution is 7.35. The number of rotatable bonds is 12. The summed E-state index contributed by atoms with van der Waals surface area (Å²) < 4.78 is 6.31. The second-order valence-corrected chi connectivity index (χ2v) is 51.1. The molecule has 0 fully saturated rings. The fraction of sp³-hybridized carbons (Fsp3) is 0.250. The van der Waals surface area contributed by atoms with Gasteiger partial charge in [-0.05, 0) is 90.8 Å². The van der Waals surface area contributed by atoms with Gasteiger partial charge in [0, 0.05) is 69.7 Å². The molecule has 0 aliphatic heterocycles. The largest absolute Gasteiger partial charge is 0.144 e. The Morgan fingerprint density at radius 3 is 0.754 bits per heavy atom. The van der Waals surface area contributed by atoms with E-state index in [-0.39, 0.29) is 0 Å². The van der Waals surface area contributed by atoms with Crippen LogP contribution in [-0.2, 0) is 0 Å². The highest BCUT2D eigenvalue weighted by Crippen LogP contribution is 2.51. The first kappa shape index (κ1) is 44.4. The van der Waals surface area contributed by atoms with Crippen LogP contribution in [0.3, 0.4) is 0 Å². The Morgan fingerprint density at radius 2 is 0.459 bits per heavy atom. The van der Waals surface area contributed by atoms with Crippen molar-refractivity contribution in [1.82, 2.24) is 0 Å². The third kappa shape index (κ3) is 9.21. The second kappa shape index (κ2) is 16.6. The molecule has 9 aromatic rings. The van der Waals surface area contributed by atoms with Gasteiger partial charge in [0.05, 0.1) is 42.0 Å². The van der Waals surface area contributed by atoms with E-state index in [1.807, 2.05) is 102 Å². The van der Waals surface area contributed by atoms with Crippen LogP contribution in [0.1, 0.15) is 0 Å². The lowest BCUT2D eigenvalue weighted by atomic mass is 10.2. The third-order valence-electron chi connectivity index (χ3n) is 10.6. The molecular weight excluding hydrogens is 977 g/mol. The molecule has 61 heavy (non-hydrogen) atoms. The van der Waals surface area contributed by atoms with Crippen LogP contribution in [0.5, 0.6) is 0 Å². The Balaban J connectivity index is 1.04. The Morgan fingerprint density at radius 1 is 0.230 bits per heavy atom. The van der Waals surface area contributed by atoms with Gasteiger partial charge >= 0.3 is 0 Å². The SMILES string of the molecule is C[Si](C)(C)c1ccc(-c2cc(-c3ccc(-c4ccc(-c5ccc(-c6cc(-c7ccc([Si](C)(C)C)s7)sc6-c6ccc([Si](C)(C)C)s6)s5)s4)s3)c(-c3ccc([Si](C)(C)C)s3)s2)s1. The quantitative estimate of drug-likeness (QED) is 0.107. The van der Waals surface area contributed by atoms with Gasteiger partial charge in [-0.2, -0.15) is 0 Å². The number of thiophene rings is 9. The van der Waals surface area contributed by atoms with Gasteiger partial charge in [-0.3, -0.25) is 0 Å². The van der Waals surface area contributed by atoms with Crippen molar-refractivity contribution < 1.29 is 0 Å². The highest BCUT2D eigenvalue weighted by Gasteiger charge is 2.27. The van der Waals surface area contributed by atoms with Crippen LogP contribution < -0.4 is 18.0 Å². The number of hydrogen-bond acceptors (Lipinski definition) is 9. The Bertz CT molecular complexity index is 2790. The van der Waals surface area contributed by atoms with Gasteiger partial charge in [-0.25, -0.2) is 0 Å². The lowest BCUT2D eigenvalue weighted by molar-refractivity contribution is 1.78. The Kier molecular flexibility index (Phi) is 12.0. The standard InChI is InChI=1S/C48H52S9Si4/c1-58(2,3)43-23-19-37(52-43)41-27-29(47(56-41)39-21-25-45(54-39)60(7,8)9)31-13-15-33(49-31)35-17-18-36(51-35)34-16-14-32(50-34)30-28-42(38-20-24-44(53-38)59(4,5)6)57-48(30)40-22-26-46(55-40)61(10,11)12/h13-28H,1-12H3. The van der Waals surface area contributed by atoms with Gasteiger partial charge in [0.25, 0.3) is 0 Å². The van der Waals surface area contributed by atoms with Crippen molar-refractivity contribution in [2.75, 3.05) is 0 Å². The minimum Gasteiger partial charge on any atom is -0.144 e. The summed E-state index contributed by atoms with van der Waals surface area (Å²) >= 11 is 17.9. The molecule has 0 saturated carbocycles. The minimum absolute atomic E-state index is 1.35. The molecular formula is C48H52S9Si4. The van der Waals surface area contributed by atoms with Gasteiger partial charge in [0.2, 0.25) is 0 Å². The fourth-order valence-corrected chi connectivity index (χ4v) is 24.8. The predicted molar refractivity (Wildman–Crippen MR) is 303 cm³/mol. The van der Waals surface area contributed by atoms with Crippen molar-refractivity contribution in [2.45, 2.75) is 78.6 Å². The van der Waals surface area contributed by atoms with Crippen LogP contribution in [0, 0.1) is 0 Å².